The highest BCUT2D eigenvalue weighted by Gasteiger charge is 2.11. The lowest BCUT2D eigenvalue weighted by molar-refractivity contribution is -0.901. The lowest BCUT2D eigenvalue weighted by Crippen LogP contribution is -3.13. The molecule has 0 aliphatic heterocycles. The van der Waals surface area contributed by atoms with Gasteiger partial charge in [-0.2, -0.15) is 0 Å². The van der Waals surface area contributed by atoms with E-state index in [0.717, 1.165) is 31.6 Å². The van der Waals surface area contributed by atoms with E-state index in [1.165, 1.54) is 32.1 Å². The van der Waals surface area contributed by atoms with Crippen molar-refractivity contribution in [3.63, 3.8) is 0 Å². The van der Waals surface area contributed by atoms with Crippen LogP contribution < -0.4 is 4.90 Å². The Morgan fingerprint density at radius 1 is 1.00 bits per heavy atom. The quantitative estimate of drug-likeness (QED) is 0.135. The molecule has 9 nitrogen and oxygen atoms in total. The van der Waals surface area contributed by atoms with E-state index in [-0.39, 0.29) is 13.2 Å². The molecule has 0 aliphatic rings. The Morgan fingerprint density at radius 2 is 1.52 bits per heavy atom. The van der Waals surface area contributed by atoms with Gasteiger partial charge in [-0.05, 0) is 6.42 Å². The third kappa shape index (κ3) is 25.7. The molecular weight excluding hydrogens is 378 g/mol. The first kappa shape index (κ1) is 28.9. The predicted octanol–water partition coefficient (Wildman–Crippen LogP) is -0.923. The molecule has 1 atom stereocenters. The summed E-state index contributed by atoms with van der Waals surface area (Å²) in [5.41, 5.74) is 0. The Kier molecular flexibility index (Phi) is 21.8. The maximum atomic E-state index is 9.84. The summed E-state index contributed by atoms with van der Waals surface area (Å²) in [6, 6.07) is 0. The Balaban J connectivity index is 0. The molecule has 0 saturated carbocycles. The van der Waals surface area contributed by atoms with Crippen LogP contribution in [0.4, 0.5) is 0 Å². The fourth-order valence-corrected chi connectivity index (χ4v) is 2.35. The largest absolute Gasteiger partial charge is 0.726 e. The molecule has 0 spiro atoms. The van der Waals surface area contributed by atoms with Gasteiger partial charge in [-0.25, -0.2) is 8.42 Å². The topological polar surface area (TPSA) is 141 Å². The van der Waals surface area contributed by atoms with Crippen LogP contribution in [0.3, 0.4) is 0 Å². The van der Waals surface area contributed by atoms with Crippen molar-refractivity contribution in [2.45, 2.75) is 58.0 Å². The zero-order valence-electron chi connectivity index (χ0n) is 16.8. The second kappa shape index (κ2) is 20.4. The SMILES string of the molecule is CCCCCCCCOCC(O)CC[NH+](CCO)CCO.COS(=O)(=O)[O-]. The van der Waals surface area contributed by atoms with Gasteiger partial charge in [0, 0.05) is 13.0 Å². The van der Waals surface area contributed by atoms with Crippen LogP contribution in [-0.2, 0) is 19.3 Å². The molecule has 0 aliphatic carbocycles. The van der Waals surface area contributed by atoms with Crippen LogP contribution in [0.15, 0.2) is 0 Å². The molecule has 0 aromatic heterocycles. The number of rotatable bonds is 17. The minimum atomic E-state index is -4.41. The van der Waals surface area contributed by atoms with Crippen molar-refractivity contribution in [3.05, 3.63) is 0 Å². The second-order valence-corrected chi connectivity index (χ2v) is 7.46. The smallest absolute Gasteiger partial charge is 0.217 e. The van der Waals surface area contributed by atoms with E-state index in [4.69, 9.17) is 14.9 Å². The number of aliphatic hydroxyl groups is 3. The van der Waals surface area contributed by atoms with Gasteiger partial charge in [0.15, 0.2) is 0 Å². The number of hydrogen-bond donors (Lipinski definition) is 4. The van der Waals surface area contributed by atoms with Crippen molar-refractivity contribution >= 4 is 10.4 Å². The van der Waals surface area contributed by atoms with Crippen LogP contribution in [0.25, 0.3) is 0 Å². The van der Waals surface area contributed by atoms with E-state index < -0.39 is 16.5 Å². The Labute approximate surface area is 164 Å². The number of aliphatic hydroxyl groups excluding tert-OH is 3. The minimum absolute atomic E-state index is 0.111. The van der Waals surface area contributed by atoms with Gasteiger partial charge in [0.1, 0.15) is 13.1 Å². The molecule has 1 unspecified atom stereocenters. The van der Waals surface area contributed by atoms with E-state index in [2.05, 4.69) is 11.1 Å². The molecular formula is C17H39NO8S. The molecule has 0 aromatic carbocycles. The summed E-state index contributed by atoms with van der Waals surface area (Å²) in [6.45, 7) is 5.54. The van der Waals surface area contributed by atoms with Crippen molar-refractivity contribution in [2.75, 3.05) is 53.2 Å². The lowest BCUT2D eigenvalue weighted by atomic mass is 10.1. The molecule has 10 heteroatoms. The number of ether oxygens (including phenoxy) is 1. The first-order chi connectivity index (χ1) is 12.8. The third-order valence-electron chi connectivity index (χ3n) is 3.92. The maximum Gasteiger partial charge on any atom is 0.217 e. The van der Waals surface area contributed by atoms with E-state index in [0.29, 0.717) is 26.1 Å². The van der Waals surface area contributed by atoms with Gasteiger partial charge in [0.05, 0.1) is 39.6 Å². The molecule has 0 rings (SSSR count). The van der Waals surface area contributed by atoms with E-state index in [9.17, 15) is 18.1 Å². The number of quaternary nitrogens is 1. The summed E-state index contributed by atoms with van der Waals surface area (Å²) < 4.78 is 36.5. The Bertz CT molecular complexity index is 388. The average Bonchev–Trinajstić information content (AvgIpc) is 2.62. The molecule has 0 fully saturated rings. The highest BCUT2D eigenvalue weighted by molar-refractivity contribution is 7.80. The highest BCUT2D eigenvalue weighted by atomic mass is 32.3. The average molecular weight is 418 g/mol. The first-order valence-electron chi connectivity index (χ1n) is 9.63. The first-order valence-corrected chi connectivity index (χ1v) is 11.0. The zero-order chi connectivity index (χ0) is 21.0. The standard InChI is InChI=1S/C16H35NO4.CH4O4S/c1-2-3-4-5-6-7-14-21-15-16(20)8-9-17(10-12-18)11-13-19;1-5-6(2,3)4/h16,18-20H,2-15H2,1H3;1H3,(H,2,3,4). The van der Waals surface area contributed by atoms with Crippen molar-refractivity contribution in [1.82, 2.24) is 0 Å². The molecule has 0 heterocycles. The molecule has 0 bridgehead atoms. The fraction of sp³-hybridized carbons (Fsp3) is 1.00. The van der Waals surface area contributed by atoms with E-state index in [1.807, 2.05) is 0 Å². The van der Waals surface area contributed by atoms with Gasteiger partial charge in [-0.15, -0.1) is 0 Å². The van der Waals surface area contributed by atoms with Crippen molar-refractivity contribution < 1.29 is 42.1 Å². The molecule has 166 valence electrons. The van der Waals surface area contributed by atoms with E-state index >= 15 is 0 Å². The van der Waals surface area contributed by atoms with Crippen LogP contribution in [0.5, 0.6) is 0 Å². The van der Waals surface area contributed by atoms with Crippen LogP contribution in [0.1, 0.15) is 51.9 Å². The van der Waals surface area contributed by atoms with Gasteiger partial charge in [0.25, 0.3) is 0 Å². The molecule has 0 aromatic rings. The fourth-order valence-electron chi connectivity index (χ4n) is 2.35. The molecule has 0 saturated heterocycles. The van der Waals surface area contributed by atoms with Crippen LogP contribution in [0, 0.1) is 0 Å². The summed E-state index contributed by atoms with van der Waals surface area (Å²) in [7, 11) is -3.60. The zero-order valence-corrected chi connectivity index (χ0v) is 17.6. The summed E-state index contributed by atoms with van der Waals surface area (Å²) in [5.74, 6) is 0. The number of hydrogen-bond acceptors (Lipinski definition) is 8. The van der Waals surface area contributed by atoms with Gasteiger partial charge < -0.3 is 29.5 Å². The second-order valence-electron chi connectivity index (χ2n) is 6.31. The monoisotopic (exact) mass is 417 g/mol. The van der Waals surface area contributed by atoms with Gasteiger partial charge in [-0.3, -0.25) is 4.18 Å². The van der Waals surface area contributed by atoms with Crippen LogP contribution in [0.2, 0.25) is 0 Å². The predicted molar refractivity (Wildman–Crippen MR) is 101 cm³/mol. The minimum Gasteiger partial charge on any atom is -0.726 e. The highest BCUT2D eigenvalue weighted by Crippen LogP contribution is 2.05. The summed E-state index contributed by atoms with van der Waals surface area (Å²) in [5, 5.41) is 27.7. The van der Waals surface area contributed by atoms with Gasteiger partial charge >= 0.3 is 0 Å². The summed E-state index contributed by atoms with van der Waals surface area (Å²) in [4.78, 5) is 1.12. The van der Waals surface area contributed by atoms with Crippen LogP contribution >= 0.6 is 0 Å². The maximum absolute atomic E-state index is 9.84. The summed E-state index contributed by atoms with van der Waals surface area (Å²) in [6.07, 6.45) is 7.66. The van der Waals surface area contributed by atoms with Gasteiger partial charge in [0.2, 0.25) is 10.4 Å². The van der Waals surface area contributed by atoms with E-state index in [1.54, 1.807) is 0 Å². The number of nitrogens with one attached hydrogen (secondary N) is 1. The van der Waals surface area contributed by atoms with Crippen molar-refractivity contribution in [2.24, 2.45) is 0 Å². The van der Waals surface area contributed by atoms with Gasteiger partial charge in [-0.1, -0.05) is 39.0 Å². The third-order valence-corrected chi connectivity index (χ3v) is 4.33. The Hall–Kier alpha value is -0.330. The normalized spacial score (nSPS) is 12.7. The molecule has 0 radical (unpaired) electrons. The molecule has 4 N–H and O–H groups in total. The van der Waals surface area contributed by atoms with Crippen molar-refractivity contribution in [3.8, 4) is 0 Å². The lowest BCUT2D eigenvalue weighted by Gasteiger charge is -2.19. The number of unbranched alkanes of at least 4 members (excludes halogenated alkanes) is 5. The van der Waals surface area contributed by atoms with Crippen LogP contribution in [-0.4, -0.2) is 87.6 Å². The molecule has 0 amide bonds. The summed E-state index contributed by atoms with van der Waals surface area (Å²) >= 11 is 0. The molecule has 27 heavy (non-hydrogen) atoms. The Morgan fingerprint density at radius 3 is 2.00 bits per heavy atom. The van der Waals surface area contributed by atoms with Crippen molar-refractivity contribution in [1.29, 1.82) is 0 Å².